The number of hydrogen-bond donors (Lipinski definition) is 1. The van der Waals surface area contributed by atoms with Gasteiger partial charge in [0.05, 0.1) is 11.5 Å². The number of methoxy groups -OCH3 is 1. The van der Waals surface area contributed by atoms with E-state index in [1.165, 1.54) is 16.4 Å². The van der Waals surface area contributed by atoms with Gasteiger partial charge in [0.25, 0.3) is 0 Å². The number of rotatable bonds is 5. The molecule has 2 heterocycles. The van der Waals surface area contributed by atoms with E-state index in [2.05, 4.69) is 15.2 Å². The highest BCUT2D eigenvalue weighted by molar-refractivity contribution is 7.89. The van der Waals surface area contributed by atoms with Gasteiger partial charge in [-0.3, -0.25) is 5.10 Å². The maximum atomic E-state index is 13.1. The van der Waals surface area contributed by atoms with Crippen molar-refractivity contribution >= 4 is 10.0 Å². The molecule has 1 fully saturated rings. The Kier molecular flexibility index (Phi) is 4.66. The highest BCUT2D eigenvalue weighted by Crippen LogP contribution is 2.34. The molecule has 3 rings (SSSR count). The molecule has 0 saturated carbocycles. The number of aromatic amines is 1. The first-order valence-electron chi connectivity index (χ1n) is 7.55. The molecule has 9 heteroatoms. The van der Waals surface area contributed by atoms with Crippen molar-refractivity contribution in [1.29, 1.82) is 0 Å². The average molecular weight is 354 g/mol. The maximum absolute atomic E-state index is 13.1. The van der Waals surface area contributed by atoms with Gasteiger partial charge in [-0.25, -0.2) is 17.8 Å². The van der Waals surface area contributed by atoms with Gasteiger partial charge < -0.3 is 4.74 Å². The third kappa shape index (κ3) is 3.19. The Bertz CT molecular complexity index is 806. The quantitative estimate of drug-likeness (QED) is 0.874. The zero-order chi connectivity index (χ0) is 17.3. The van der Waals surface area contributed by atoms with Gasteiger partial charge in [-0.05, 0) is 31.2 Å². The summed E-state index contributed by atoms with van der Waals surface area (Å²) in [5.74, 6) is 0.611. The minimum atomic E-state index is -3.70. The topological polar surface area (TPSA) is 88.2 Å². The molecule has 130 valence electrons. The fourth-order valence-corrected chi connectivity index (χ4v) is 4.51. The number of halogens is 1. The van der Waals surface area contributed by atoms with Gasteiger partial charge in [-0.15, -0.1) is 0 Å². The molecular weight excluding hydrogens is 335 g/mol. The summed E-state index contributed by atoms with van der Waals surface area (Å²) in [6.45, 7) is 2.79. The monoisotopic (exact) mass is 354 g/mol. The van der Waals surface area contributed by atoms with E-state index in [1.807, 2.05) is 0 Å². The molecule has 2 atom stereocenters. The third-order valence-electron chi connectivity index (χ3n) is 4.19. The standard InChI is InChI=1S/C15H19FN4O3S/c1-10-17-15(19-18-10)14-8-20(7-11(14)9-23-2)24(21,22)13-5-3-12(16)4-6-13/h3-6,11,14H,7-9H2,1-2H3,(H,17,18,19)/t11-,14+/m0/s1. The molecule has 1 N–H and O–H groups in total. The number of nitrogens with zero attached hydrogens (tertiary/aromatic N) is 3. The van der Waals surface area contributed by atoms with E-state index in [1.54, 1.807) is 14.0 Å². The smallest absolute Gasteiger partial charge is 0.243 e. The Morgan fingerprint density at radius 1 is 1.33 bits per heavy atom. The molecule has 1 aromatic carbocycles. The summed E-state index contributed by atoms with van der Waals surface area (Å²) in [6, 6.07) is 4.85. The van der Waals surface area contributed by atoms with Gasteiger partial charge in [0.1, 0.15) is 11.6 Å². The Balaban J connectivity index is 1.88. The van der Waals surface area contributed by atoms with E-state index in [9.17, 15) is 12.8 Å². The second kappa shape index (κ2) is 6.58. The lowest BCUT2D eigenvalue weighted by Gasteiger charge is -2.16. The minimum absolute atomic E-state index is 0.0413. The SMILES string of the molecule is COC[C@@H]1CN(S(=O)(=O)c2ccc(F)cc2)C[C@H]1c1n[nH]c(C)n1. The number of H-pyrrole nitrogens is 1. The first-order valence-corrected chi connectivity index (χ1v) is 8.99. The number of sulfonamides is 1. The van der Waals surface area contributed by atoms with Crippen molar-refractivity contribution in [3.05, 3.63) is 41.7 Å². The van der Waals surface area contributed by atoms with Crippen molar-refractivity contribution in [1.82, 2.24) is 19.5 Å². The molecule has 0 spiro atoms. The van der Waals surface area contributed by atoms with Crippen LogP contribution in [-0.2, 0) is 14.8 Å². The van der Waals surface area contributed by atoms with Crippen molar-refractivity contribution < 1.29 is 17.5 Å². The molecule has 1 saturated heterocycles. The molecule has 1 aromatic heterocycles. The molecule has 7 nitrogen and oxygen atoms in total. The fourth-order valence-electron chi connectivity index (χ4n) is 2.98. The number of aryl methyl sites for hydroxylation is 1. The van der Waals surface area contributed by atoms with Gasteiger partial charge in [0, 0.05) is 32.0 Å². The number of nitrogens with one attached hydrogen (secondary N) is 1. The zero-order valence-corrected chi connectivity index (χ0v) is 14.3. The summed E-state index contributed by atoms with van der Waals surface area (Å²) in [5, 5.41) is 6.96. The summed E-state index contributed by atoms with van der Waals surface area (Å²) in [6.07, 6.45) is 0. The predicted molar refractivity (Wildman–Crippen MR) is 84.4 cm³/mol. The van der Waals surface area contributed by atoms with E-state index in [-0.39, 0.29) is 23.3 Å². The summed E-state index contributed by atoms with van der Waals surface area (Å²) in [7, 11) is -2.11. The summed E-state index contributed by atoms with van der Waals surface area (Å²) < 4.78 is 45.3. The van der Waals surface area contributed by atoms with Crippen molar-refractivity contribution in [3.63, 3.8) is 0 Å². The van der Waals surface area contributed by atoms with Crippen LogP contribution in [0.15, 0.2) is 29.2 Å². The van der Waals surface area contributed by atoms with E-state index >= 15 is 0 Å². The van der Waals surface area contributed by atoms with Crippen LogP contribution in [-0.4, -0.2) is 54.7 Å². The van der Waals surface area contributed by atoms with Crippen LogP contribution in [0.1, 0.15) is 17.6 Å². The molecule has 2 aromatic rings. The van der Waals surface area contributed by atoms with E-state index < -0.39 is 15.8 Å². The zero-order valence-electron chi connectivity index (χ0n) is 13.4. The Morgan fingerprint density at radius 2 is 2.04 bits per heavy atom. The molecule has 1 aliphatic heterocycles. The third-order valence-corrected chi connectivity index (χ3v) is 6.03. The van der Waals surface area contributed by atoms with Gasteiger partial charge in [0.2, 0.25) is 10.0 Å². The average Bonchev–Trinajstić information content (AvgIpc) is 3.15. The van der Waals surface area contributed by atoms with Gasteiger partial charge in [-0.1, -0.05) is 0 Å². The van der Waals surface area contributed by atoms with Crippen molar-refractivity contribution in [2.75, 3.05) is 26.8 Å². The van der Waals surface area contributed by atoms with E-state index in [0.717, 1.165) is 12.1 Å². The molecular formula is C15H19FN4O3S. The molecule has 24 heavy (non-hydrogen) atoms. The number of ether oxygens (including phenoxy) is 1. The van der Waals surface area contributed by atoms with Crippen molar-refractivity contribution in [3.8, 4) is 0 Å². The number of benzene rings is 1. The largest absolute Gasteiger partial charge is 0.384 e. The molecule has 0 bridgehead atoms. The highest BCUT2D eigenvalue weighted by Gasteiger charge is 2.41. The first kappa shape index (κ1) is 17.0. The predicted octanol–water partition coefficient (Wildman–Crippen LogP) is 1.30. The summed E-state index contributed by atoms with van der Waals surface area (Å²) in [4.78, 5) is 4.41. The summed E-state index contributed by atoms with van der Waals surface area (Å²) in [5.41, 5.74) is 0. The van der Waals surface area contributed by atoms with Gasteiger partial charge in [0.15, 0.2) is 5.82 Å². The second-order valence-corrected chi connectivity index (χ2v) is 7.81. The van der Waals surface area contributed by atoms with E-state index in [4.69, 9.17) is 4.74 Å². The second-order valence-electron chi connectivity index (χ2n) is 5.88. The van der Waals surface area contributed by atoms with Crippen molar-refractivity contribution in [2.24, 2.45) is 5.92 Å². The number of aromatic nitrogens is 3. The van der Waals surface area contributed by atoms with Crippen LogP contribution in [0.4, 0.5) is 4.39 Å². The highest BCUT2D eigenvalue weighted by atomic mass is 32.2. The molecule has 0 amide bonds. The van der Waals surface area contributed by atoms with Crippen LogP contribution in [0, 0.1) is 18.7 Å². The molecule has 1 aliphatic rings. The van der Waals surface area contributed by atoms with Gasteiger partial charge >= 0.3 is 0 Å². The normalized spacial score (nSPS) is 22.1. The maximum Gasteiger partial charge on any atom is 0.243 e. The Morgan fingerprint density at radius 3 is 2.62 bits per heavy atom. The van der Waals surface area contributed by atoms with Crippen LogP contribution in [0.5, 0.6) is 0 Å². The first-order chi connectivity index (χ1) is 11.4. The van der Waals surface area contributed by atoms with Gasteiger partial charge in [-0.2, -0.15) is 9.40 Å². The number of hydrogen-bond acceptors (Lipinski definition) is 5. The lowest BCUT2D eigenvalue weighted by Crippen LogP contribution is -2.29. The Hall–Kier alpha value is -1.84. The van der Waals surface area contributed by atoms with Crippen LogP contribution in [0.3, 0.4) is 0 Å². The van der Waals surface area contributed by atoms with E-state index in [0.29, 0.717) is 24.8 Å². The fraction of sp³-hybridized carbons (Fsp3) is 0.467. The molecule has 0 radical (unpaired) electrons. The minimum Gasteiger partial charge on any atom is -0.384 e. The van der Waals surface area contributed by atoms with Crippen molar-refractivity contribution in [2.45, 2.75) is 17.7 Å². The summed E-state index contributed by atoms with van der Waals surface area (Å²) >= 11 is 0. The molecule has 0 aliphatic carbocycles. The van der Waals surface area contributed by atoms with Crippen LogP contribution in [0.25, 0.3) is 0 Å². The lowest BCUT2D eigenvalue weighted by molar-refractivity contribution is 0.150. The lowest BCUT2D eigenvalue weighted by atomic mass is 9.96. The van der Waals surface area contributed by atoms with Crippen LogP contribution >= 0.6 is 0 Å². The molecule has 0 unspecified atom stereocenters. The van der Waals surface area contributed by atoms with Crippen LogP contribution in [0.2, 0.25) is 0 Å². The van der Waals surface area contributed by atoms with Crippen LogP contribution < -0.4 is 0 Å². The Labute approximate surface area is 139 Å².